The number of carbonyl (C=O) groups excluding carboxylic acids is 1. The van der Waals surface area contributed by atoms with Crippen molar-refractivity contribution in [2.45, 2.75) is 32.6 Å². The molecule has 1 aromatic carbocycles. The van der Waals surface area contributed by atoms with Gasteiger partial charge in [0.15, 0.2) is 5.78 Å². The van der Waals surface area contributed by atoms with Gasteiger partial charge in [-0.05, 0) is 83.2 Å². The lowest BCUT2D eigenvalue weighted by Crippen LogP contribution is -2.06. The van der Waals surface area contributed by atoms with Gasteiger partial charge in [0, 0.05) is 10.4 Å². The predicted octanol–water partition coefficient (Wildman–Crippen LogP) is 5.60. The van der Waals surface area contributed by atoms with Gasteiger partial charge in [0.1, 0.15) is 0 Å². The van der Waals surface area contributed by atoms with Crippen molar-refractivity contribution in [3.8, 4) is 11.1 Å². The summed E-state index contributed by atoms with van der Waals surface area (Å²) in [7, 11) is 0. The Kier molecular flexibility index (Phi) is 3.66. The third-order valence-electron chi connectivity index (χ3n) is 4.52. The molecule has 0 radical (unpaired) electrons. The minimum absolute atomic E-state index is 0.120. The minimum Gasteiger partial charge on any atom is -0.288 e. The maximum absolute atomic E-state index is 13.1. The number of nitrogens with zero attached hydrogens (tertiary/aromatic N) is 1. The molecule has 116 valence electrons. The Labute approximate surface area is 144 Å². The molecule has 4 rings (SSSR count). The molecule has 3 aromatic rings. The maximum Gasteiger partial charge on any atom is 0.196 e. The molecule has 0 aliphatic heterocycles. The molecular formula is C19H17NOS2. The highest BCUT2D eigenvalue weighted by Crippen LogP contribution is 2.44. The number of carbonyl (C=O) groups is 1. The number of benzene rings is 1. The van der Waals surface area contributed by atoms with Gasteiger partial charge in [0.2, 0.25) is 0 Å². The van der Waals surface area contributed by atoms with Gasteiger partial charge in [0.25, 0.3) is 0 Å². The molecular weight excluding hydrogens is 322 g/mol. The van der Waals surface area contributed by atoms with Crippen LogP contribution in [0.5, 0.6) is 0 Å². The van der Waals surface area contributed by atoms with Gasteiger partial charge < -0.3 is 0 Å². The van der Waals surface area contributed by atoms with E-state index in [9.17, 15) is 4.79 Å². The standard InChI is InChI=1S/C19H17NOS2/c1-11-3-6-15(12(2)17(11)14-7-8-22-10-14)18(21)16-9-20-23-19(16)13-4-5-13/h3,6-10,13H,4-5H2,1-2H3. The van der Waals surface area contributed by atoms with E-state index in [-0.39, 0.29) is 5.78 Å². The van der Waals surface area contributed by atoms with Crippen LogP contribution in [-0.2, 0) is 0 Å². The monoisotopic (exact) mass is 339 g/mol. The fourth-order valence-electron chi connectivity index (χ4n) is 3.15. The number of aromatic nitrogens is 1. The van der Waals surface area contributed by atoms with Gasteiger partial charge >= 0.3 is 0 Å². The lowest BCUT2D eigenvalue weighted by Gasteiger charge is -2.13. The third kappa shape index (κ3) is 2.56. The fraction of sp³-hybridized carbons (Fsp3) is 0.263. The van der Waals surface area contributed by atoms with E-state index in [1.54, 1.807) is 17.5 Å². The molecule has 1 aliphatic carbocycles. The van der Waals surface area contributed by atoms with E-state index in [2.05, 4.69) is 41.1 Å². The summed E-state index contributed by atoms with van der Waals surface area (Å²) in [5, 5.41) is 4.22. The SMILES string of the molecule is Cc1ccc(C(=O)c2cnsc2C2CC2)c(C)c1-c1ccsc1. The second-order valence-corrected chi connectivity index (χ2v) is 7.76. The molecule has 0 bridgehead atoms. The van der Waals surface area contributed by atoms with Crippen LogP contribution in [0.3, 0.4) is 0 Å². The summed E-state index contributed by atoms with van der Waals surface area (Å²) in [5.74, 6) is 0.679. The van der Waals surface area contributed by atoms with Crippen molar-refractivity contribution in [3.05, 3.63) is 62.3 Å². The molecule has 0 N–H and O–H groups in total. The zero-order valence-electron chi connectivity index (χ0n) is 13.1. The van der Waals surface area contributed by atoms with Crippen molar-refractivity contribution in [2.24, 2.45) is 0 Å². The lowest BCUT2D eigenvalue weighted by molar-refractivity contribution is 0.103. The fourth-order valence-corrected chi connectivity index (χ4v) is 4.70. The largest absolute Gasteiger partial charge is 0.288 e. The Bertz CT molecular complexity index is 873. The molecule has 0 unspecified atom stereocenters. The summed E-state index contributed by atoms with van der Waals surface area (Å²) >= 11 is 3.17. The van der Waals surface area contributed by atoms with Crippen LogP contribution in [0.2, 0.25) is 0 Å². The second-order valence-electron chi connectivity index (χ2n) is 6.15. The smallest absolute Gasteiger partial charge is 0.196 e. The van der Waals surface area contributed by atoms with Crippen LogP contribution >= 0.6 is 22.9 Å². The number of ketones is 1. The highest BCUT2D eigenvalue weighted by molar-refractivity contribution is 7.08. The summed E-state index contributed by atoms with van der Waals surface area (Å²) in [6, 6.07) is 6.15. The van der Waals surface area contributed by atoms with Gasteiger partial charge in [-0.25, -0.2) is 4.37 Å². The van der Waals surface area contributed by atoms with Crippen LogP contribution in [0.15, 0.2) is 35.2 Å². The molecule has 23 heavy (non-hydrogen) atoms. The molecule has 0 spiro atoms. The molecule has 2 aromatic heterocycles. The number of thiophene rings is 1. The third-order valence-corrected chi connectivity index (χ3v) is 6.16. The first-order valence-corrected chi connectivity index (χ1v) is 9.50. The number of hydrogen-bond acceptors (Lipinski definition) is 4. The molecule has 0 saturated heterocycles. The Morgan fingerprint density at radius 1 is 1.17 bits per heavy atom. The first-order chi connectivity index (χ1) is 11.2. The van der Waals surface area contributed by atoms with Gasteiger partial charge in [-0.3, -0.25) is 4.79 Å². The predicted molar refractivity (Wildman–Crippen MR) is 96.8 cm³/mol. The Balaban J connectivity index is 1.81. The van der Waals surface area contributed by atoms with Crippen molar-refractivity contribution >= 4 is 28.7 Å². The van der Waals surface area contributed by atoms with Crippen molar-refractivity contribution in [1.82, 2.24) is 4.37 Å². The van der Waals surface area contributed by atoms with Crippen LogP contribution in [0, 0.1) is 13.8 Å². The molecule has 1 aliphatic rings. The van der Waals surface area contributed by atoms with Crippen molar-refractivity contribution in [2.75, 3.05) is 0 Å². The van der Waals surface area contributed by atoms with E-state index in [4.69, 9.17) is 0 Å². The number of aryl methyl sites for hydroxylation is 1. The van der Waals surface area contributed by atoms with Crippen molar-refractivity contribution in [3.63, 3.8) is 0 Å². The van der Waals surface area contributed by atoms with Crippen LogP contribution in [-0.4, -0.2) is 10.2 Å². The topological polar surface area (TPSA) is 30.0 Å². The van der Waals surface area contributed by atoms with Gasteiger partial charge in [0.05, 0.1) is 11.8 Å². The van der Waals surface area contributed by atoms with Crippen molar-refractivity contribution < 1.29 is 4.79 Å². The van der Waals surface area contributed by atoms with E-state index in [1.807, 2.05) is 6.07 Å². The average molecular weight is 339 g/mol. The van der Waals surface area contributed by atoms with Crippen LogP contribution in [0.25, 0.3) is 11.1 Å². The van der Waals surface area contributed by atoms with E-state index in [0.717, 1.165) is 16.7 Å². The van der Waals surface area contributed by atoms with Crippen molar-refractivity contribution in [1.29, 1.82) is 0 Å². The Hall–Kier alpha value is -1.78. The zero-order valence-corrected chi connectivity index (χ0v) is 14.8. The molecule has 2 nitrogen and oxygen atoms in total. The normalized spacial score (nSPS) is 14.2. The molecule has 1 saturated carbocycles. The molecule has 2 heterocycles. The number of rotatable bonds is 4. The van der Waals surface area contributed by atoms with E-state index >= 15 is 0 Å². The van der Waals surface area contributed by atoms with Gasteiger partial charge in [-0.2, -0.15) is 11.3 Å². The van der Waals surface area contributed by atoms with Crippen LogP contribution < -0.4 is 0 Å². The highest BCUT2D eigenvalue weighted by atomic mass is 32.1. The summed E-state index contributed by atoms with van der Waals surface area (Å²) < 4.78 is 4.27. The van der Waals surface area contributed by atoms with Gasteiger partial charge in [-0.15, -0.1) is 0 Å². The molecule has 4 heteroatoms. The summed E-state index contributed by atoms with van der Waals surface area (Å²) in [6.45, 7) is 4.17. The molecule has 1 fully saturated rings. The summed E-state index contributed by atoms with van der Waals surface area (Å²) in [6.07, 6.45) is 4.13. The van der Waals surface area contributed by atoms with Gasteiger partial charge in [-0.1, -0.05) is 12.1 Å². The molecule has 0 atom stereocenters. The Morgan fingerprint density at radius 2 is 2.00 bits per heavy atom. The lowest BCUT2D eigenvalue weighted by atomic mass is 9.90. The highest BCUT2D eigenvalue weighted by Gasteiger charge is 2.31. The zero-order chi connectivity index (χ0) is 16.0. The average Bonchev–Trinajstić information content (AvgIpc) is 3.04. The Morgan fingerprint density at radius 3 is 2.70 bits per heavy atom. The summed E-state index contributed by atoms with van der Waals surface area (Å²) in [5.41, 5.74) is 6.28. The van der Waals surface area contributed by atoms with Crippen LogP contribution in [0.4, 0.5) is 0 Å². The quantitative estimate of drug-likeness (QED) is 0.579. The minimum atomic E-state index is 0.120. The first-order valence-electron chi connectivity index (χ1n) is 7.79. The second kappa shape index (κ2) is 5.69. The summed E-state index contributed by atoms with van der Waals surface area (Å²) in [4.78, 5) is 14.3. The molecule has 0 amide bonds. The van der Waals surface area contributed by atoms with Crippen LogP contribution in [0.1, 0.15) is 50.7 Å². The van der Waals surface area contributed by atoms with E-state index < -0.39 is 0 Å². The van der Waals surface area contributed by atoms with E-state index in [1.165, 1.54) is 45.9 Å². The number of hydrogen-bond donors (Lipinski definition) is 0. The maximum atomic E-state index is 13.1. The first kappa shape index (κ1) is 14.8. The van der Waals surface area contributed by atoms with E-state index in [0.29, 0.717) is 5.92 Å².